The zero-order chi connectivity index (χ0) is 21.1. The summed E-state index contributed by atoms with van der Waals surface area (Å²) in [6.45, 7) is 14.8. The third kappa shape index (κ3) is 4.76. The third-order valence-electron chi connectivity index (χ3n) is 5.59. The quantitative estimate of drug-likeness (QED) is 0.431. The normalized spacial score (nSPS) is 12.8. The smallest absolute Gasteiger partial charge is 0.247 e. The van der Waals surface area contributed by atoms with Gasteiger partial charge in [0.1, 0.15) is 17.6 Å². The fourth-order valence-electron chi connectivity index (χ4n) is 2.88. The highest BCUT2D eigenvalue weighted by Crippen LogP contribution is 2.36. The number of aryl methyl sites for hydroxylation is 1. The first-order chi connectivity index (χ1) is 13.7. The molecule has 0 fully saturated rings. The van der Waals surface area contributed by atoms with Crippen LogP contribution in [0.4, 0.5) is 0 Å². The molecule has 0 saturated carbocycles. The zero-order valence-electron chi connectivity index (χ0n) is 18.3. The van der Waals surface area contributed by atoms with E-state index >= 15 is 0 Å². The minimum absolute atomic E-state index is 0.207. The third-order valence-corrected chi connectivity index (χ3v) is 10.1. The van der Waals surface area contributed by atoms with E-state index in [1.54, 1.807) is 6.33 Å². The van der Waals surface area contributed by atoms with Gasteiger partial charge in [-0.25, -0.2) is 4.98 Å². The Labute approximate surface area is 174 Å². The van der Waals surface area contributed by atoms with Crippen LogP contribution < -0.4 is 4.74 Å². The molecule has 2 aromatic heterocycles. The van der Waals surface area contributed by atoms with Crippen LogP contribution in [0.15, 0.2) is 48.8 Å². The fraction of sp³-hybridized carbons (Fsp3) is 0.391. The second kappa shape index (κ2) is 8.51. The molecule has 0 N–H and O–H groups in total. The number of hydrogen-bond donors (Lipinski definition) is 0. The number of nitrogens with zero attached hydrogens (tertiary/aromatic N) is 3. The Bertz CT molecular complexity index is 989. The van der Waals surface area contributed by atoms with Gasteiger partial charge in [-0.3, -0.25) is 0 Å². The molecule has 3 aromatic rings. The number of fused-ring (bicyclic) bond motifs is 1. The van der Waals surface area contributed by atoms with Crippen molar-refractivity contribution >= 4 is 25.4 Å². The standard InChI is InChI=1S/C23H31N3O2Si/c1-7-26-18(12-11-15-27-29(5,6)23(2,3)4)16-20-21(26)22(25-17-24-20)28-19-13-9-8-10-14-19/h8-14,16-17H,7,15H2,1-6H3. The summed E-state index contributed by atoms with van der Waals surface area (Å²) in [7, 11) is -1.75. The molecule has 0 aliphatic rings. The molecule has 0 spiro atoms. The molecule has 6 heteroatoms. The predicted octanol–water partition coefficient (Wildman–Crippen LogP) is 6.28. The minimum Gasteiger partial charge on any atom is -0.437 e. The van der Waals surface area contributed by atoms with Crippen molar-refractivity contribution in [3.63, 3.8) is 0 Å². The van der Waals surface area contributed by atoms with E-state index in [4.69, 9.17) is 9.16 Å². The van der Waals surface area contributed by atoms with E-state index in [0.29, 0.717) is 12.5 Å². The number of rotatable bonds is 7. The number of hydrogen-bond acceptors (Lipinski definition) is 4. The van der Waals surface area contributed by atoms with E-state index < -0.39 is 8.32 Å². The highest BCUT2D eigenvalue weighted by molar-refractivity contribution is 6.74. The maximum absolute atomic E-state index is 6.26. The van der Waals surface area contributed by atoms with Crippen molar-refractivity contribution in [1.29, 1.82) is 0 Å². The van der Waals surface area contributed by atoms with Gasteiger partial charge in [0, 0.05) is 12.2 Å². The van der Waals surface area contributed by atoms with Gasteiger partial charge in [-0.05, 0) is 49.3 Å². The van der Waals surface area contributed by atoms with Gasteiger partial charge in [0.25, 0.3) is 0 Å². The summed E-state index contributed by atoms with van der Waals surface area (Å²) < 4.78 is 14.5. The van der Waals surface area contributed by atoms with Crippen molar-refractivity contribution in [2.75, 3.05) is 6.61 Å². The number of para-hydroxylation sites is 1. The van der Waals surface area contributed by atoms with Crippen LogP contribution in [-0.4, -0.2) is 29.5 Å². The van der Waals surface area contributed by atoms with Gasteiger partial charge >= 0.3 is 0 Å². The van der Waals surface area contributed by atoms with Gasteiger partial charge in [-0.15, -0.1) is 0 Å². The van der Waals surface area contributed by atoms with Crippen LogP contribution in [0.25, 0.3) is 17.1 Å². The summed E-state index contributed by atoms with van der Waals surface area (Å²) in [4.78, 5) is 8.82. The molecule has 3 rings (SSSR count). The summed E-state index contributed by atoms with van der Waals surface area (Å²) in [5.74, 6) is 1.33. The Morgan fingerprint density at radius 3 is 2.48 bits per heavy atom. The molecule has 0 saturated heterocycles. The van der Waals surface area contributed by atoms with Gasteiger partial charge in [-0.2, -0.15) is 4.98 Å². The highest BCUT2D eigenvalue weighted by Gasteiger charge is 2.36. The van der Waals surface area contributed by atoms with Crippen LogP contribution in [0.3, 0.4) is 0 Å². The van der Waals surface area contributed by atoms with Crippen LogP contribution in [0.2, 0.25) is 18.1 Å². The van der Waals surface area contributed by atoms with Crippen molar-refractivity contribution in [3.8, 4) is 11.6 Å². The second-order valence-electron chi connectivity index (χ2n) is 8.61. The lowest BCUT2D eigenvalue weighted by Crippen LogP contribution is -2.40. The van der Waals surface area contributed by atoms with E-state index in [1.807, 2.05) is 30.3 Å². The number of ether oxygens (including phenoxy) is 1. The molecule has 0 bridgehead atoms. The molecule has 1 aromatic carbocycles. The van der Waals surface area contributed by atoms with Crippen molar-refractivity contribution in [1.82, 2.24) is 14.5 Å². The molecule has 154 valence electrons. The van der Waals surface area contributed by atoms with E-state index in [0.717, 1.165) is 29.0 Å². The summed E-state index contributed by atoms with van der Waals surface area (Å²) in [5.41, 5.74) is 2.85. The molecule has 2 heterocycles. The molecule has 0 aliphatic carbocycles. The van der Waals surface area contributed by atoms with E-state index in [9.17, 15) is 0 Å². The van der Waals surface area contributed by atoms with Crippen LogP contribution in [0.5, 0.6) is 11.6 Å². The first-order valence-corrected chi connectivity index (χ1v) is 13.0. The van der Waals surface area contributed by atoms with Crippen molar-refractivity contribution in [2.24, 2.45) is 0 Å². The van der Waals surface area contributed by atoms with Gasteiger partial charge in [0.15, 0.2) is 8.32 Å². The Morgan fingerprint density at radius 1 is 1.10 bits per heavy atom. The van der Waals surface area contributed by atoms with Crippen LogP contribution in [0, 0.1) is 0 Å². The maximum atomic E-state index is 6.26. The average molecular weight is 410 g/mol. The van der Waals surface area contributed by atoms with Gasteiger partial charge in [0.05, 0.1) is 12.1 Å². The fourth-order valence-corrected chi connectivity index (χ4v) is 3.82. The lowest BCUT2D eigenvalue weighted by Gasteiger charge is -2.35. The first kappa shape index (κ1) is 21.3. The average Bonchev–Trinajstić information content (AvgIpc) is 3.03. The van der Waals surface area contributed by atoms with Crippen molar-refractivity contribution in [3.05, 3.63) is 54.5 Å². The largest absolute Gasteiger partial charge is 0.437 e. The van der Waals surface area contributed by atoms with E-state index in [2.05, 4.69) is 73.5 Å². The predicted molar refractivity (Wildman–Crippen MR) is 122 cm³/mol. The minimum atomic E-state index is -1.75. The number of aromatic nitrogens is 3. The second-order valence-corrected chi connectivity index (χ2v) is 13.4. The van der Waals surface area contributed by atoms with Crippen molar-refractivity contribution < 1.29 is 9.16 Å². The zero-order valence-corrected chi connectivity index (χ0v) is 19.3. The van der Waals surface area contributed by atoms with Crippen LogP contribution in [0.1, 0.15) is 33.4 Å². The van der Waals surface area contributed by atoms with E-state index in [1.165, 1.54) is 0 Å². The van der Waals surface area contributed by atoms with Gasteiger partial charge in [0.2, 0.25) is 5.88 Å². The SMILES string of the molecule is CCn1c(C=CCO[Si](C)(C)C(C)(C)C)cc2ncnc(Oc3ccccc3)c21. The molecule has 0 aliphatic heterocycles. The molecule has 0 radical (unpaired) electrons. The molecule has 5 nitrogen and oxygen atoms in total. The summed E-state index contributed by atoms with van der Waals surface area (Å²) >= 11 is 0. The first-order valence-electron chi connectivity index (χ1n) is 10.1. The topological polar surface area (TPSA) is 49.2 Å². The molecule has 0 atom stereocenters. The van der Waals surface area contributed by atoms with Gasteiger partial charge in [-0.1, -0.05) is 45.0 Å². The Balaban J connectivity index is 1.85. The van der Waals surface area contributed by atoms with E-state index in [-0.39, 0.29) is 5.04 Å². The molecule has 29 heavy (non-hydrogen) atoms. The molecule has 0 unspecified atom stereocenters. The molecular formula is C23H31N3O2Si. The lowest BCUT2D eigenvalue weighted by atomic mass is 10.2. The molecule has 0 amide bonds. The monoisotopic (exact) mass is 409 g/mol. The summed E-state index contributed by atoms with van der Waals surface area (Å²) in [5, 5.41) is 0.207. The molecular weight excluding hydrogens is 378 g/mol. The Kier molecular flexibility index (Phi) is 6.24. The van der Waals surface area contributed by atoms with Crippen molar-refractivity contribution in [2.45, 2.75) is 52.4 Å². The van der Waals surface area contributed by atoms with Crippen LogP contribution in [-0.2, 0) is 11.0 Å². The number of benzene rings is 1. The Hall–Kier alpha value is -2.44. The lowest BCUT2D eigenvalue weighted by molar-refractivity contribution is 0.328. The highest BCUT2D eigenvalue weighted by atomic mass is 28.4. The van der Waals surface area contributed by atoms with Crippen LogP contribution >= 0.6 is 0 Å². The summed E-state index contributed by atoms with van der Waals surface area (Å²) in [6, 6.07) is 11.8. The van der Waals surface area contributed by atoms with Gasteiger partial charge < -0.3 is 13.7 Å². The Morgan fingerprint density at radius 2 is 1.83 bits per heavy atom. The maximum Gasteiger partial charge on any atom is 0.247 e. The summed E-state index contributed by atoms with van der Waals surface area (Å²) in [6.07, 6.45) is 5.74.